The number of unbranched alkanes of at least 4 members (excludes halogenated alkanes) is 1. The SMILES string of the molecule is Oc1ccc(CCCCNCC(F)(F)C(F)(F)F)cc1O. The van der Waals surface area contributed by atoms with Gasteiger partial charge in [0.25, 0.3) is 0 Å². The van der Waals surface area contributed by atoms with Gasteiger partial charge < -0.3 is 15.5 Å². The van der Waals surface area contributed by atoms with Gasteiger partial charge in [0, 0.05) is 0 Å². The van der Waals surface area contributed by atoms with E-state index < -0.39 is 18.6 Å². The van der Waals surface area contributed by atoms with Gasteiger partial charge in [0.05, 0.1) is 6.54 Å². The Balaban J connectivity index is 2.22. The van der Waals surface area contributed by atoms with Crippen molar-refractivity contribution in [2.24, 2.45) is 0 Å². The number of nitrogens with one attached hydrogen (secondary N) is 1. The summed E-state index contributed by atoms with van der Waals surface area (Å²) in [5.74, 6) is -5.22. The molecule has 0 radical (unpaired) electrons. The average Bonchev–Trinajstić information content (AvgIpc) is 2.36. The van der Waals surface area contributed by atoms with Gasteiger partial charge in [-0.15, -0.1) is 0 Å². The highest BCUT2D eigenvalue weighted by Gasteiger charge is 2.56. The molecule has 0 spiro atoms. The van der Waals surface area contributed by atoms with Crippen LogP contribution < -0.4 is 5.32 Å². The molecule has 120 valence electrons. The van der Waals surface area contributed by atoms with Gasteiger partial charge >= 0.3 is 12.1 Å². The van der Waals surface area contributed by atoms with Crippen LogP contribution in [0.1, 0.15) is 18.4 Å². The highest BCUT2D eigenvalue weighted by atomic mass is 19.4. The summed E-state index contributed by atoms with van der Waals surface area (Å²) in [5.41, 5.74) is 0.742. The largest absolute Gasteiger partial charge is 0.504 e. The molecule has 0 fully saturated rings. The summed E-state index contributed by atoms with van der Waals surface area (Å²) in [6.07, 6.45) is -4.06. The summed E-state index contributed by atoms with van der Waals surface area (Å²) in [7, 11) is 0. The van der Waals surface area contributed by atoms with Crippen LogP contribution in [0.3, 0.4) is 0 Å². The molecule has 0 atom stereocenters. The maximum atomic E-state index is 12.5. The van der Waals surface area contributed by atoms with Crippen LogP contribution in [-0.2, 0) is 6.42 Å². The second-order valence-corrected chi connectivity index (χ2v) is 4.66. The first kappa shape index (κ1) is 17.5. The van der Waals surface area contributed by atoms with Crippen molar-refractivity contribution in [1.82, 2.24) is 5.32 Å². The van der Waals surface area contributed by atoms with E-state index in [1.165, 1.54) is 12.1 Å². The van der Waals surface area contributed by atoms with E-state index in [-0.39, 0.29) is 18.0 Å². The van der Waals surface area contributed by atoms with Gasteiger partial charge in [0.15, 0.2) is 11.5 Å². The van der Waals surface area contributed by atoms with E-state index in [0.717, 1.165) is 5.56 Å². The van der Waals surface area contributed by atoms with Gasteiger partial charge in [0.2, 0.25) is 0 Å². The molecule has 0 aliphatic rings. The van der Waals surface area contributed by atoms with E-state index >= 15 is 0 Å². The van der Waals surface area contributed by atoms with Gasteiger partial charge in [-0.1, -0.05) is 6.07 Å². The predicted molar refractivity (Wildman–Crippen MR) is 66.6 cm³/mol. The van der Waals surface area contributed by atoms with Gasteiger partial charge in [-0.25, -0.2) is 0 Å². The van der Waals surface area contributed by atoms with Crippen LogP contribution in [0.15, 0.2) is 18.2 Å². The molecule has 0 aromatic heterocycles. The Labute approximate surface area is 118 Å². The number of aryl methyl sites for hydroxylation is 1. The summed E-state index contributed by atoms with van der Waals surface area (Å²) in [6, 6.07) is 4.30. The number of hydrogen-bond donors (Lipinski definition) is 3. The quantitative estimate of drug-likeness (QED) is 0.412. The maximum absolute atomic E-state index is 12.5. The van der Waals surface area contributed by atoms with Crippen LogP contribution in [0.4, 0.5) is 22.0 Å². The summed E-state index contributed by atoms with van der Waals surface area (Å²) >= 11 is 0. The molecule has 3 N–H and O–H groups in total. The summed E-state index contributed by atoms with van der Waals surface area (Å²) < 4.78 is 60.7. The lowest BCUT2D eigenvalue weighted by molar-refractivity contribution is -0.279. The van der Waals surface area contributed by atoms with Crippen molar-refractivity contribution in [2.75, 3.05) is 13.1 Å². The summed E-state index contributed by atoms with van der Waals surface area (Å²) in [6.45, 7) is -1.40. The molecule has 21 heavy (non-hydrogen) atoms. The molecule has 0 saturated heterocycles. The van der Waals surface area contributed by atoms with Crippen molar-refractivity contribution in [1.29, 1.82) is 0 Å². The summed E-state index contributed by atoms with van der Waals surface area (Å²) in [4.78, 5) is 0. The number of alkyl halides is 5. The third kappa shape index (κ3) is 5.37. The predicted octanol–water partition coefficient (Wildman–Crippen LogP) is 3.21. The second kappa shape index (κ2) is 6.93. The van der Waals surface area contributed by atoms with Gasteiger partial charge in [0.1, 0.15) is 0 Å². The smallest absolute Gasteiger partial charge is 0.454 e. The van der Waals surface area contributed by atoms with Crippen molar-refractivity contribution in [3.63, 3.8) is 0 Å². The third-order valence-electron chi connectivity index (χ3n) is 2.87. The molecule has 1 aromatic carbocycles. The molecule has 0 saturated carbocycles. The molecule has 0 aliphatic heterocycles. The standard InChI is InChI=1S/C13H16F5NO2/c14-12(15,13(16,17)18)8-19-6-2-1-3-9-4-5-10(20)11(21)7-9/h4-5,7,19-21H,1-3,6,8H2. The van der Waals surface area contributed by atoms with Crippen LogP contribution in [0.2, 0.25) is 0 Å². The molecule has 0 amide bonds. The number of benzene rings is 1. The van der Waals surface area contributed by atoms with Crippen molar-refractivity contribution < 1.29 is 32.2 Å². The minimum Gasteiger partial charge on any atom is -0.504 e. The van der Waals surface area contributed by atoms with E-state index in [4.69, 9.17) is 5.11 Å². The van der Waals surface area contributed by atoms with E-state index in [9.17, 15) is 27.1 Å². The number of hydrogen-bond acceptors (Lipinski definition) is 3. The van der Waals surface area contributed by atoms with E-state index in [2.05, 4.69) is 5.32 Å². The first-order valence-electron chi connectivity index (χ1n) is 6.29. The van der Waals surface area contributed by atoms with E-state index in [1.807, 2.05) is 0 Å². The van der Waals surface area contributed by atoms with Crippen molar-refractivity contribution in [2.45, 2.75) is 31.4 Å². The fourth-order valence-corrected chi connectivity index (χ4v) is 1.65. The van der Waals surface area contributed by atoms with Crippen LogP contribution in [0, 0.1) is 0 Å². The second-order valence-electron chi connectivity index (χ2n) is 4.66. The van der Waals surface area contributed by atoms with Crippen molar-refractivity contribution in [3.05, 3.63) is 23.8 Å². The molecule has 3 nitrogen and oxygen atoms in total. The Morgan fingerprint density at radius 3 is 2.19 bits per heavy atom. The average molecular weight is 313 g/mol. The lowest BCUT2D eigenvalue weighted by atomic mass is 10.1. The van der Waals surface area contributed by atoms with E-state index in [0.29, 0.717) is 19.3 Å². The molecular formula is C13H16F5NO2. The normalized spacial score (nSPS) is 12.6. The highest BCUT2D eigenvalue weighted by Crippen LogP contribution is 2.34. The molecular weight excluding hydrogens is 297 g/mol. The Kier molecular flexibility index (Phi) is 5.77. The molecule has 8 heteroatoms. The minimum absolute atomic E-state index is 0.0374. The monoisotopic (exact) mass is 313 g/mol. The van der Waals surface area contributed by atoms with Crippen molar-refractivity contribution in [3.8, 4) is 11.5 Å². The lowest BCUT2D eigenvalue weighted by Crippen LogP contribution is -2.45. The third-order valence-corrected chi connectivity index (χ3v) is 2.87. The van der Waals surface area contributed by atoms with Crippen LogP contribution in [0.5, 0.6) is 11.5 Å². The molecule has 0 aliphatic carbocycles. The molecule has 0 unspecified atom stereocenters. The van der Waals surface area contributed by atoms with Gasteiger partial charge in [-0.05, 0) is 43.5 Å². The Morgan fingerprint density at radius 1 is 0.952 bits per heavy atom. The first-order chi connectivity index (χ1) is 9.63. The van der Waals surface area contributed by atoms with Crippen molar-refractivity contribution >= 4 is 0 Å². The van der Waals surface area contributed by atoms with E-state index in [1.54, 1.807) is 6.07 Å². The number of aromatic hydroxyl groups is 2. The highest BCUT2D eigenvalue weighted by molar-refractivity contribution is 5.40. The Morgan fingerprint density at radius 2 is 1.62 bits per heavy atom. The zero-order valence-corrected chi connectivity index (χ0v) is 11.1. The minimum atomic E-state index is -5.54. The van der Waals surface area contributed by atoms with Gasteiger partial charge in [-0.3, -0.25) is 0 Å². The molecule has 1 rings (SSSR count). The molecule has 1 aromatic rings. The fourth-order valence-electron chi connectivity index (χ4n) is 1.65. The lowest BCUT2D eigenvalue weighted by Gasteiger charge is -2.19. The van der Waals surface area contributed by atoms with Crippen LogP contribution in [-0.4, -0.2) is 35.4 Å². The topological polar surface area (TPSA) is 52.5 Å². The first-order valence-corrected chi connectivity index (χ1v) is 6.29. The van der Waals surface area contributed by atoms with Crippen LogP contribution >= 0.6 is 0 Å². The van der Waals surface area contributed by atoms with Crippen LogP contribution in [0.25, 0.3) is 0 Å². The summed E-state index contributed by atoms with van der Waals surface area (Å²) in [5, 5.41) is 20.4. The zero-order chi connectivity index (χ0) is 16.1. The number of halogens is 5. The number of rotatable bonds is 7. The number of phenols is 2. The zero-order valence-electron chi connectivity index (χ0n) is 11.1. The Hall–Kier alpha value is -1.57. The molecule has 0 heterocycles. The number of phenolic OH excluding ortho intramolecular Hbond substituents is 2. The maximum Gasteiger partial charge on any atom is 0.454 e. The Bertz CT molecular complexity index is 462. The van der Waals surface area contributed by atoms with Gasteiger partial charge in [-0.2, -0.15) is 22.0 Å². The fraction of sp³-hybridized carbons (Fsp3) is 0.538. The molecule has 0 bridgehead atoms.